The van der Waals surface area contributed by atoms with Crippen molar-refractivity contribution in [3.8, 4) is 0 Å². The van der Waals surface area contributed by atoms with Gasteiger partial charge in [0.1, 0.15) is 0 Å². The number of anilines is 1. The van der Waals surface area contributed by atoms with Crippen LogP contribution in [0, 0.1) is 0 Å². The van der Waals surface area contributed by atoms with Crippen LogP contribution in [0.4, 0.5) is 5.69 Å². The molecule has 0 saturated carbocycles. The van der Waals surface area contributed by atoms with Gasteiger partial charge in [-0.3, -0.25) is 14.7 Å². The molecular formula is C20H19N3O4. The van der Waals surface area contributed by atoms with E-state index in [1.807, 2.05) is 61.9 Å². The summed E-state index contributed by atoms with van der Waals surface area (Å²) in [5, 5.41) is 18.9. The zero-order chi connectivity index (χ0) is 19.8. The number of carbonyl (C=O) groups is 2. The van der Waals surface area contributed by atoms with E-state index in [0.717, 1.165) is 22.3 Å². The molecule has 27 heavy (non-hydrogen) atoms. The van der Waals surface area contributed by atoms with E-state index < -0.39 is 11.9 Å². The van der Waals surface area contributed by atoms with Crippen molar-refractivity contribution < 1.29 is 19.8 Å². The molecule has 0 bridgehead atoms. The highest BCUT2D eigenvalue weighted by atomic mass is 16.4. The zero-order valence-electron chi connectivity index (χ0n) is 14.7. The summed E-state index contributed by atoms with van der Waals surface area (Å²) in [7, 11) is 2.04. The number of nitrogens with zero attached hydrogens (tertiary/aromatic N) is 3. The molecule has 0 spiro atoms. The largest absolute Gasteiger partial charge is 0.478 e. The number of hydrogen-bond donors (Lipinski definition) is 2. The van der Waals surface area contributed by atoms with Crippen molar-refractivity contribution in [1.29, 1.82) is 0 Å². The summed E-state index contributed by atoms with van der Waals surface area (Å²) in [6.07, 6.45) is 6.82. The lowest BCUT2D eigenvalue weighted by molar-refractivity contribution is -0.134. The molecular weight excluding hydrogens is 346 g/mol. The first-order chi connectivity index (χ1) is 12.9. The fraction of sp³-hybridized carbons (Fsp3) is 0.0500. The first kappa shape index (κ1) is 19.5. The molecule has 3 aromatic rings. The third-order valence-corrected chi connectivity index (χ3v) is 3.63. The van der Waals surface area contributed by atoms with Crippen molar-refractivity contribution >= 4 is 34.6 Å². The van der Waals surface area contributed by atoms with Crippen LogP contribution in [0.2, 0.25) is 0 Å². The van der Waals surface area contributed by atoms with Crippen LogP contribution in [0.5, 0.6) is 0 Å². The Morgan fingerprint density at radius 1 is 1.07 bits per heavy atom. The van der Waals surface area contributed by atoms with E-state index in [-0.39, 0.29) is 0 Å². The average Bonchev–Trinajstić information content (AvgIpc) is 3.14. The summed E-state index contributed by atoms with van der Waals surface area (Å²) in [5.74, 6) is -2.51. The van der Waals surface area contributed by atoms with Crippen LogP contribution in [-0.4, -0.2) is 38.9 Å². The minimum Gasteiger partial charge on any atom is -0.478 e. The molecule has 0 atom stereocenters. The first-order valence-corrected chi connectivity index (χ1v) is 7.95. The lowest BCUT2D eigenvalue weighted by atomic mass is 10.2. The van der Waals surface area contributed by atoms with Crippen molar-refractivity contribution in [2.45, 2.75) is 0 Å². The van der Waals surface area contributed by atoms with Crippen molar-refractivity contribution in [1.82, 2.24) is 9.66 Å². The van der Waals surface area contributed by atoms with E-state index in [1.165, 1.54) is 0 Å². The molecule has 0 amide bonds. The van der Waals surface area contributed by atoms with Crippen LogP contribution in [0.3, 0.4) is 0 Å². The lowest BCUT2D eigenvalue weighted by Crippen LogP contribution is -2.24. The predicted molar refractivity (Wildman–Crippen MR) is 104 cm³/mol. The molecule has 2 heterocycles. The van der Waals surface area contributed by atoms with Gasteiger partial charge in [0.2, 0.25) is 0 Å². The SMILES string of the molecule is C=Cc1cccn1N(C)c1ccnc2ccccc12.O=C(O)C=CC(=O)O. The van der Waals surface area contributed by atoms with Gasteiger partial charge in [-0.15, -0.1) is 0 Å². The van der Waals surface area contributed by atoms with Crippen LogP contribution in [0.15, 0.2) is 73.6 Å². The van der Waals surface area contributed by atoms with Gasteiger partial charge in [0, 0.05) is 37.0 Å². The minimum absolute atomic E-state index is 0.558. The summed E-state index contributed by atoms with van der Waals surface area (Å²) in [5.41, 5.74) is 3.17. The molecule has 7 nitrogen and oxygen atoms in total. The van der Waals surface area contributed by atoms with Gasteiger partial charge < -0.3 is 10.2 Å². The summed E-state index contributed by atoms with van der Waals surface area (Å²) >= 11 is 0. The quantitative estimate of drug-likeness (QED) is 0.674. The second-order valence-electron chi connectivity index (χ2n) is 5.36. The number of aliphatic carboxylic acids is 2. The number of para-hydroxylation sites is 1. The molecule has 0 radical (unpaired) electrons. The molecule has 0 aliphatic carbocycles. The third kappa shape index (κ3) is 5.05. The molecule has 2 N–H and O–H groups in total. The average molecular weight is 365 g/mol. The Balaban J connectivity index is 0.000000279. The fourth-order valence-corrected chi connectivity index (χ4v) is 2.44. The van der Waals surface area contributed by atoms with Crippen LogP contribution < -0.4 is 5.01 Å². The Hall–Kier alpha value is -3.87. The highest BCUT2D eigenvalue weighted by molar-refractivity contribution is 5.91. The maximum Gasteiger partial charge on any atom is 0.328 e. The topological polar surface area (TPSA) is 95.7 Å². The number of benzene rings is 1. The summed E-state index contributed by atoms with van der Waals surface area (Å²) in [6, 6.07) is 14.2. The molecule has 0 fully saturated rings. The van der Waals surface area contributed by atoms with Gasteiger partial charge in [0.15, 0.2) is 0 Å². The number of rotatable bonds is 5. The minimum atomic E-state index is -1.26. The van der Waals surface area contributed by atoms with E-state index >= 15 is 0 Å². The standard InChI is InChI=1S/C16H15N3.C4H4O4/c1-3-13-7-6-12-19(13)18(2)16-10-11-17-15-9-5-4-8-14(15)16;5-3(6)1-2-4(7)8/h3-12H,1H2,2H3;1-2H,(H,5,6)(H,7,8). The van der Waals surface area contributed by atoms with Gasteiger partial charge in [-0.1, -0.05) is 24.8 Å². The second-order valence-corrected chi connectivity index (χ2v) is 5.36. The third-order valence-electron chi connectivity index (χ3n) is 3.63. The highest BCUT2D eigenvalue weighted by Gasteiger charge is 2.09. The monoisotopic (exact) mass is 365 g/mol. The molecule has 0 unspecified atom stereocenters. The van der Waals surface area contributed by atoms with Gasteiger partial charge in [-0.2, -0.15) is 0 Å². The smallest absolute Gasteiger partial charge is 0.328 e. The summed E-state index contributed by atoms with van der Waals surface area (Å²) in [4.78, 5) is 23.5. The molecule has 0 aliphatic heterocycles. The van der Waals surface area contributed by atoms with E-state index in [2.05, 4.69) is 27.3 Å². The Morgan fingerprint density at radius 3 is 2.37 bits per heavy atom. The van der Waals surface area contributed by atoms with Crippen molar-refractivity contribution in [2.75, 3.05) is 12.1 Å². The Bertz CT molecular complexity index is 970. The summed E-state index contributed by atoms with van der Waals surface area (Å²) in [6.45, 7) is 3.84. The Kier molecular flexibility index (Phi) is 6.49. The maximum atomic E-state index is 9.55. The molecule has 2 aromatic heterocycles. The maximum absolute atomic E-state index is 9.55. The van der Waals surface area contributed by atoms with Gasteiger partial charge in [-0.05, 0) is 30.3 Å². The van der Waals surface area contributed by atoms with E-state index in [0.29, 0.717) is 12.2 Å². The molecule has 3 rings (SSSR count). The molecule has 138 valence electrons. The van der Waals surface area contributed by atoms with Crippen LogP contribution in [0.1, 0.15) is 5.69 Å². The van der Waals surface area contributed by atoms with E-state index in [9.17, 15) is 9.59 Å². The second kappa shape index (κ2) is 9.00. The zero-order valence-corrected chi connectivity index (χ0v) is 14.7. The van der Waals surface area contributed by atoms with Crippen molar-refractivity contribution in [3.05, 3.63) is 79.3 Å². The fourth-order valence-electron chi connectivity index (χ4n) is 2.44. The normalized spacial score (nSPS) is 10.3. The lowest BCUT2D eigenvalue weighted by Gasteiger charge is -2.24. The van der Waals surface area contributed by atoms with Gasteiger partial charge in [0.25, 0.3) is 0 Å². The van der Waals surface area contributed by atoms with Gasteiger partial charge in [0.05, 0.1) is 16.9 Å². The molecule has 0 aliphatic rings. The number of aromatic nitrogens is 2. The number of carboxylic acid groups (broad SMARTS) is 2. The van der Waals surface area contributed by atoms with Gasteiger partial charge >= 0.3 is 11.9 Å². The van der Waals surface area contributed by atoms with Crippen LogP contribution >= 0.6 is 0 Å². The Morgan fingerprint density at radius 2 is 1.74 bits per heavy atom. The number of fused-ring (bicyclic) bond motifs is 1. The molecule has 0 saturated heterocycles. The molecule has 7 heteroatoms. The number of pyridine rings is 1. The van der Waals surface area contributed by atoms with Gasteiger partial charge in [-0.25, -0.2) is 9.59 Å². The van der Waals surface area contributed by atoms with Crippen LogP contribution in [-0.2, 0) is 9.59 Å². The Labute approximate surface area is 156 Å². The first-order valence-electron chi connectivity index (χ1n) is 7.95. The number of hydrogen-bond acceptors (Lipinski definition) is 4. The van der Waals surface area contributed by atoms with Crippen LogP contribution in [0.25, 0.3) is 17.0 Å². The summed E-state index contributed by atoms with van der Waals surface area (Å²) < 4.78 is 2.06. The van der Waals surface area contributed by atoms with Crippen molar-refractivity contribution in [3.63, 3.8) is 0 Å². The molecule has 1 aromatic carbocycles. The van der Waals surface area contributed by atoms with E-state index in [4.69, 9.17) is 10.2 Å². The number of carboxylic acids is 2. The van der Waals surface area contributed by atoms with Crippen molar-refractivity contribution in [2.24, 2.45) is 0 Å². The predicted octanol–water partition coefficient (Wildman–Crippen LogP) is 3.29. The van der Waals surface area contributed by atoms with E-state index in [1.54, 1.807) is 0 Å². The highest BCUT2D eigenvalue weighted by Crippen LogP contribution is 2.25.